The Labute approximate surface area is 121 Å². The van der Waals surface area contributed by atoms with Crippen LogP contribution in [0, 0.1) is 6.92 Å². The molecule has 0 fully saturated rings. The van der Waals surface area contributed by atoms with Gasteiger partial charge in [0.15, 0.2) is 0 Å². The second-order valence-electron chi connectivity index (χ2n) is 4.67. The standard InChI is InChI=1S/C16H13N3O2/c1-11-5-2-3-7-14(11)19-10-13(16(20)21)15(18-19)12-6-4-8-17-9-12/h2-10H,1H3,(H,20,21). The van der Waals surface area contributed by atoms with E-state index in [0.717, 1.165) is 11.3 Å². The zero-order valence-corrected chi connectivity index (χ0v) is 11.4. The fourth-order valence-corrected chi connectivity index (χ4v) is 2.19. The predicted octanol–water partition coefficient (Wildman–Crippen LogP) is 2.94. The molecule has 1 N–H and O–H groups in total. The van der Waals surface area contributed by atoms with Crippen LogP contribution in [0.5, 0.6) is 0 Å². The summed E-state index contributed by atoms with van der Waals surface area (Å²) in [6.45, 7) is 1.96. The van der Waals surface area contributed by atoms with Gasteiger partial charge in [0.25, 0.3) is 0 Å². The van der Waals surface area contributed by atoms with Crippen molar-refractivity contribution in [2.45, 2.75) is 6.92 Å². The number of carbonyl (C=O) groups is 1. The number of rotatable bonds is 3. The van der Waals surface area contributed by atoms with Crippen LogP contribution in [0.25, 0.3) is 16.9 Å². The number of para-hydroxylation sites is 1. The highest BCUT2D eigenvalue weighted by atomic mass is 16.4. The van der Waals surface area contributed by atoms with Crippen molar-refractivity contribution >= 4 is 5.97 Å². The van der Waals surface area contributed by atoms with E-state index in [1.165, 1.54) is 6.20 Å². The van der Waals surface area contributed by atoms with Crippen LogP contribution in [0.3, 0.4) is 0 Å². The molecule has 1 aromatic carbocycles. The first-order valence-corrected chi connectivity index (χ1v) is 6.46. The van der Waals surface area contributed by atoms with Crippen LogP contribution in [-0.4, -0.2) is 25.8 Å². The first-order chi connectivity index (χ1) is 10.2. The van der Waals surface area contributed by atoms with Crippen LogP contribution in [0.15, 0.2) is 55.0 Å². The Morgan fingerprint density at radius 2 is 2.00 bits per heavy atom. The molecular formula is C16H13N3O2. The molecule has 0 saturated carbocycles. The highest BCUT2D eigenvalue weighted by Gasteiger charge is 2.18. The molecule has 2 heterocycles. The molecule has 0 radical (unpaired) electrons. The molecule has 0 aliphatic carbocycles. The van der Waals surface area contributed by atoms with E-state index in [2.05, 4.69) is 10.1 Å². The van der Waals surface area contributed by atoms with Crippen LogP contribution < -0.4 is 0 Å². The van der Waals surface area contributed by atoms with Crippen molar-refractivity contribution in [3.63, 3.8) is 0 Å². The molecular weight excluding hydrogens is 266 g/mol. The third-order valence-electron chi connectivity index (χ3n) is 3.24. The zero-order valence-electron chi connectivity index (χ0n) is 11.4. The summed E-state index contributed by atoms with van der Waals surface area (Å²) in [7, 11) is 0. The largest absolute Gasteiger partial charge is 0.478 e. The molecule has 0 aliphatic heterocycles. The van der Waals surface area contributed by atoms with Gasteiger partial charge in [0.2, 0.25) is 0 Å². The minimum absolute atomic E-state index is 0.159. The molecule has 0 spiro atoms. The third-order valence-corrected chi connectivity index (χ3v) is 3.24. The maximum absolute atomic E-state index is 11.5. The lowest BCUT2D eigenvalue weighted by Gasteiger charge is -2.04. The van der Waals surface area contributed by atoms with Gasteiger partial charge < -0.3 is 5.11 Å². The number of pyridine rings is 1. The van der Waals surface area contributed by atoms with E-state index in [0.29, 0.717) is 11.3 Å². The Balaban J connectivity index is 2.18. The van der Waals surface area contributed by atoms with Crippen LogP contribution in [0.2, 0.25) is 0 Å². The van der Waals surface area contributed by atoms with Crippen LogP contribution in [-0.2, 0) is 0 Å². The smallest absolute Gasteiger partial charge is 0.339 e. The topological polar surface area (TPSA) is 68.0 Å². The van der Waals surface area contributed by atoms with Gasteiger partial charge in [-0.2, -0.15) is 5.10 Å². The fraction of sp³-hybridized carbons (Fsp3) is 0.0625. The molecule has 2 aromatic heterocycles. The molecule has 104 valence electrons. The third kappa shape index (κ3) is 2.41. The molecule has 5 nitrogen and oxygen atoms in total. The predicted molar refractivity (Wildman–Crippen MR) is 78.5 cm³/mol. The summed E-state index contributed by atoms with van der Waals surface area (Å²) in [6, 6.07) is 11.2. The number of hydrogen-bond donors (Lipinski definition) is 1. The second-order valence-corrected chi connectivity index (χ2v) is 4.67. The number of aromatic nitrogens is 3. The van der Waals surface area contributed by atoms with Crippen LogP contribution in [0.1, 0.15) is 15.9 Å². The quantitative estimate of drug-likeness (QED) is 0.800. The van der Waals surface area contributed by atoms with E-state index in [1.54, 1.807) is 29.2 Å². The van der Waals surface area contributed by atoms with Crippen molar-refractivity contribution in [1.29, 1.82) is 0 Å². The maximum Gasteiger partial charge on any atom is 0.339 e. The Morgan fingerprint density at radius 1 is 1.19 bits per heavy atom. The minimum atomic E-state index is -1.01. The lowest BCUT2D eigenvalue weighted by atomic mass is 10.1. The lowest BCUT2D eigenvalue weighted by molar-refractivity contribution is 0.0697. The van der Waals surface area contributed by atoms with E-state index in [-0.39, 0.29) is 5.56 Å². The Bertz CT molecular complexity index is 794. The molecule has 0 bridgehead atoms. The van der Waals surface area contributed by atoms with E-state index >= 15 is 0 Å². The maximum atomic E-state index is 11.5. The van der Waals surface area contributed by atoms with Gasteiger partial charge in [-0.1, -0.05) is 18.2 Å². The summed E-state index contributed by atoms with van der Waals surface area (Å²) in [6.07, 6.45) is 4.78. The van der Waals surface area contributed by atoms with Gasteiger partial charge in [0.05, 0.1) is 5.69 Å². The van der Waals surface area contributed by atoms with Gasteiger partial charge in [0, 0.05) is 24.2 Å². The number of carboxylic acids is 1. The highest BCUT2D eigenvalue weighted by molar-refractivity contribution is 5.94. The monoisotopic (exact) mass is 279 g/mol. The van der Waals surface area contributed by atoms with Gasteiger partial charge in [-0.15, -0.1) is 0 Å². The number of aryl methyl sites for hydroxylation is 1. The number of carboxylic acid groups (broad SMARTS) is 1. The van der Waals surface area contributed by atoms with Crippen LogP contribution in [0.4, 0.5) is 0 Å². The summed E-state index contributed by atoms with van der Waals surface area (Å²) in [5.74, 6) is -1.01. The van der Waals surface area contributed by atoms with Gasteiger partial charge in [-0.25, -0.2) is 9.48 Å². The molecule has 3 rings (SSSR count). The average Bonchev–Trinajstić information content (AvgIpc) is 2.94. The highest BCUT2D eigenvalue weighted by Crippen LogP contribution is 2.23. The Kier molecular flexibility index (Phi) is 3.23. The van der Waals surface area contributed by atoms with Crippen LogP contribution >= 0.6 is 0 Å². The molecule has 0 atom stereocenters. The summed E-state index contributed by atoms with van der Waals surface area (Å²) in [5, 5.41) is 13.8. The summed E-state index contributed by atoms with van der Waals surface area (Å²) in [5.41, 5.74) is 3.14. The van der Waals surface area contributed by atoms with E-state index < -0.39 is 5.97 Å². The van der Waals surface area contributed by atoms with Gasteiger partial charge >= 0.3 is 5.97 Å². The lowest BCUT2D eigenvalue weighted by Crippen LogP contribution is -1.97. The van der Waals surface area contributed by atoms with Gasteiger partial charge in [-0.05, 0) is 30.7 Å². The van der Waals surface area contributed by atoms with Gasteiger partial charge in [-0.3, -0.25) is 4.98 Å². The summed E-state index contributed by atoms with van der Waals surface area (Å²) >= 11 is 0. The fourth-order valence-electron chi connectivity index (χ4n) is 2.19. The van der Waals surface area contributed by atoms with E-state index in [9.17, 15) is 9.90 Å². The van der Waals surface area contributed by atoms with Crippen molar-refractivity contribution in [1.82, 2.24) is 14.8 Å². The summed E-state index contributed by atoms with van der Waals surface area (Å²) in [4.78, 5) is 15.5. The normalized spacial score (nSPS) is 10.5. The molecule has 0 amide bonds. The number of nitrogens with zero attached hydrogens (tertiary/aromatic N) is 3. The first-order valence-electron chi connectivity index (χ1n) is 6.46. The SMILES string of the molecule is Cc1ccccc1-n1cc(C(=O)O)c(-c2cccnc2)n1. The number of aromatic carboxylic acids is 1. The molecule has 3 aromatic rings. The minimum Gasteiger partial charge on any atom is -0.478 e. The summed E-state index contributed by atoms with van der Waals surface area (Å²) < 4.78 is 1.60. The van der Waals surface area contributed by atoms with Gasteiger partial charge in [0.1, 0.15) is 11.3 Å². The molecule has 21 heavy (non-hydrogen) atoms. The van der Waals surface area contributed by atoms with Crippen molar-refractivity contribution in [2.75, 3.05) is 0 Å². The Morgan fingerprint density at radius 3 is 2.67 bits per heavy atom. The number of hydrogen-bond acceptors (Lipinski definition) is 3. The van der Waals surface area contributed by atoms with Crippen molar-refractivity contribution in [3.8, 4) is 16.9 Å². The van der Waals surface area contributed by atoms with Crippen molar-refractivity contribution in [3.05, 3.63) is 66.1 Å². The average molecular weight is 279 g/mol. The zero-order chi connectivity index (χ0) is 14.8. The van der Waals surface area contributed by atoms with Crippen molar-refractivity contribution < 1.29 is 9.90 Å². The molecule has 0 aliphatic rings. The van der Waals surface area contributed by atoms with E-state index in [4.69, 9.17) is 0 Å². The second kappa shape index (κ2) is 5.20. The van der Waals surface area contributed by atoms with E-state index in [1.807, 2.05) is 31.2 Å². The Hall–Kier alpha value is -2.95. The van der Waals surface area contributed by atoms with Crippen molar-refractivity contribution in [2.24, 2.45) is 0 Å². The molecule has 0 unspecified atom stereocenters. The first kappa shape index (κ1) is 13.1. The molecule has 5 heteroatoms. The number of benzene rings is 1. The molecule has 0 saturated heterocycles.